The highest BCUT2D eigenvalue weighted by molar-refractivity contribution is 6.14. The molecule has 620 valence electrons. The second-order valence-electron chi connectivity index (χ2n) is 33.8. The van der Waals surface area contributed by atoms with E-state index in [1.165, 1.54) is 176 Å². The second-order valence-corrected chi connectivity index (χ2v) is 33.8. The summed E-state index contributed by atoms with van der Waals surface area (Å²) < 4.78 is 4.78. The number of aromatic nitrogens is 2. The van der Waals surface area contributed by atoms with Gasteiger partial charge in [-0.2, -0.15) is 0 Å². The number of fused-ring (bicyclic) bond motifs is 8. The topological polar surface area (TPSA) is 16.3 Å². The second kappa shape index (κ2) is 35.1. The lowest BCUT2D eigenvalue weighted by molar-refractivity contribution is 1.18. The molecule has 0 saturated heterocycles. The zero-order valence-corrected chi connectivity index (χ0v) is 72.6. The van der Waals surface area contributed by atoms with E-state index in [0.717, 1.165) is 45.5 Å². The average molecular weight is 1680 g/mol. The minimum Gasteiger partial charge on any atom is -0.311 e. The van der Waals surface area contributed by atoms with E-state index in [0.29, 0.717) is 0 Å². The van der Waals surface area contributed by atoms with E-state index < -0.39 is 0 Å². The first-order chi connectivity index (χ1) is 65.5. The van der Waals surface area contributed by atoms with Gasteiger partial charge in [-0.3, -0.25) is 0 Å². The van der Waals surface area contributed by atoms with Gasteiger partial charge in [-0.05, 0) is 255 Å². The SMILES string of the molecule is c1ccc(-c2ccc(N(c3ccccc3)c3ccc(-c4ccc(-c5ccc(-c6ccc7c(c6)c6ccccc6n7-c6ccc(-c7ccccc7)cc6)c6ccccc56)cc4)cc3)cc2)cc1.c1ccc(-c2ccc(N(c3ccccc3)c3ccc(-c4ccc(-c5ccc(-c6ccc7c(c6)c6ccccc6n7-c6ccc(-c7ccccc7)cc6)cc5)cc4)c4ccccc34)cc2)cc1. The number of benzene rings is 22. The normalized spacial score (nSPS) is 11.3. The Morgan fingerprint density at radius 3 is 0.712 bits per heavy atom. The third-order valence-corrected chi connectivity index (χ3v) is 26.1. The molecule has 0 spiro atoms. The van der Waals surface area contributed by atoms with E-state index >= 15 is 0 Å². The van der Waals surface area contributed by atoms with Crippen LogP contribution in [0.2, 0.25) is 0 Å². The summed E-state index contributed by atoms with van der Waals surface area (Å²) in [5.41, 5.74) is 38.0. The van der Waals surface area contributed by atoms with Gasteiger partial charge in [-0.25, -0.2) is 0 Å². The summed E-state index contributed by atoms with van der Waals surface area (Å²) in [6.07, 6.45) is 0. The molecular formula is C128H88N4. The number of rotatable bonds is 18. The van der Waals surface area contributed by atoms with Crippen molar-refractivity contribution in [2.24, 2.45) is 0 Å². The molecule has 4 heteroatoms. The van der Waals surface area contributed by atoms with Crippen LogP contribution in [0.25, 0.3) is 188 Å². The van der Waals surface area contributed by atoms with Crippen molar-refractivity contribution in [2.45, 2.75) is 0 Å². The van der Waals surface area contributed by atoms with Crippen molar-refractivity contribution < 1.29 is 0 Å². The minimum atomic E-state index is 1.11. The first kappa shape index (κ1) is 79.2. The van der Waals surface area contributed by atoms with Crippen LogP contribution in [0.4, 0.5) is 34.1 Å². The molecule has 2 aromatic heterocycles. The Bertz CT molecular complexity index is 8250. The van der Waals surface area contributed by atoms with Gasteiger partial charge in [0, 0.05) is 66.7 Å². The highest BCUT2D eigenvalue weighted by atomic mass is 15.1. The van der Waals surface area contributed by atoms with E-state index in [1.54, 1.807) is 0 Å². The number of nitrogens with zero attached hydrogens (tertiary/aromatic N) is 4. The highest BCUT2D eigenvalue weighted by Crippen LogP contribution is 2.47. The van der Waals surface area contributed by atoms with E-state index in [2.05, 4.69) is 553 Å². The van der Waals surface area contributed by atoms with E-state index in [1.807, 2.05) is 0 Å². The standard InChI is InChI=1S/2C64H44N2/c1-4-14-45(15-5-1)48-28-35-54(36-29-48)65(53-18-8-3-9-19-53)55-37-30-50(31-38-55)47-24-26-51(27-25-47)57-41-42-58(60-21-11-10-20-59(57)60)52-34-43-64-62(44-52)61-22-12-13-23-63(61)66(64)56-39-32-49(33-40-56)46-16-6-2-7-17-46;1-4-14-45(15-5-1)49-32-37-55(38-33-49)65(54-18-8-3-9-19-54)63-43-41-57(58-20-10-11-21-59(58)63)52-30-28-48(29-31-52)47-24-26-51(27-25-47)53-36-42-64-61(44-53)60-22-12-13-23-62(60)66(64)56-39-34-50(35-40-56)46-16-6-2-7-17-46/h2*1-44H. The zero-order chi connectivity index (χ0) is 87.6. The molecule has 132 heavy (non-hydrogen) atoms. The Balaban J connectivity index is 0.000000150. The van der Waals surface area contributed by atoms with Crippen LogP contribution in [0, 0.1) is 0 Å². The van der Waals surface area contributed by atoms with Crippen LogP contribution in [0.5, 0.6) is 0 Å². The molecular weight excluding hydrogens is 1590 g/mol. The van der Waals surface area contributed by atoms with Crippen LogP contribution < -0.4 is 9.80 Å². The number of hydrogen-bond acceptors (Lipinski definition) is 2. The maximum Gasteiger partial charge on any atom is 0.0541 e. The van der Waals surface area contributed by atoms with E-state index in [9.17, 15) is 0 Å². The van der Waals surface area contributed by atoms with Gasteiger partial charge in [0.1, 0.15) is 0 Å². The Morgan fingerprint density at radius 1 is 0.121 bits per heavy atom. The summed E-state index contributed by atoms with van der Waals surface area (Å²) in [7, 11) is 0. The summed E-state index contributed by atoms with van der Waals surface area (Å²) in [4.78, 5) is 4.69. The van der Waals surface area contributed by atoms with Crippen LogP contribution in [0.3, 0.4) is 0 Å². The van der Waals surface area contributed by atoms with Crippen molar-refractivity contribution in [1.82, 2.24) is 9.13 Å². The Hall–Kier alpha value is -17.4. The third-order valence-electron chi connectivity index (χ3n) is 26.1. The van der Waals surface area contributed by atoms with Gasteiger partial charge in [0.05, 0.1) is 27.8 Å². The molecule has 0 aliphatic rings. The van der Waals surface area contributed by atoms with Crippen molar-refractivity contribution in [3.8, 4) is 123 Å². The largest absolute Gasteiger partial charge is 0.311 e. The molecule has 0 saturated carbocycles. The number of anilines is 6. The summed E-state index contributed by atoms with van der Waals surface area (Å²) >= 11 is 0. The molecule has 4 nitrogen and oxygen atoms in total. The molecule has 0 bridgehead atoms. The van der Waals surface area contributed by atoms with Crippen molar-refractivity contribution in [3.63, 3.8) is 0 Å². The van der Waals surface area contributed by atoms with Crippen molar-refractivity contribution in [3.05, 3.63) is 534 Å². The van der Waals surface area contributed by atoms with Gasteiger partial charge < -0.3 is 18.9 Å². The van der Waals surface area contributed by atoms with Crippen molar-refractivity contribution in [2.75, 3.05) is 9.80 Å². The van der Waals surface area contributed by atoms with Crippen LogP contribution in [-0.2, 0) is 0 Å². The minimum absolute atomic E-state index is 1.11. The van der Waals surface area contributed by atoms with Gasteiger partial charge in [0.15, 0.2) is 0 Å². The first-order valence-corrected chi connectivity index (χ1v) is 45.3. The molecule has 24 aromatic rings. The van der Waals surface area contributed by atoms with Crippen LogP contribution in [0.1, 0.15) is 0 Å². The van der Waals surface area contributed by atoms with Gasteiger partial charge in [-0.15, -0.1) is 0 Å². The molecule has 0 radical (unpaired) electrons. The molecule has 2 heterocycles. The van der Waals surface area contributed by atoms with Gasteiger partial charge >= 0.3 is 0 Å². The molecule has 24 rings (SSSR count). The average Bonchev–Trinajstić information content (AvgIpc) is 1.63. The molecule has 0 aliphatic heterocycles. The third kappa shape index (κ3) is 15.3. The summed E-state index contributed by atoms with van der Waals surface area (Å²) in [5.74, 6) is 0. The van der Waals surface area contributed by atoms with E-state index in [4.69, 9.17) is 0 Å². The Morgan fingerprint density at radius 2 is 0.341 bits per heavy atom. The maximum absolute atomic E-state index is 2.40. The summed E-state index contributed by atoms with van der Waals surface area (Å²) in [6, 6.07) is 193. The quantitative estimate of drug-likeness (QED) is 0.0851. The van der Waals surface area contributed by atoms with Gasteiger partial charge in [0.25, 0.3) is 0 Å². The Kier molecular flexibility index (Phi) is 21.0. The fourth-order valence-corrected chi connectivity index (χ4v) is 19.5. The van der Waals surface area contributed by atoms with Gasteiger partial charge in [-0.1, -0.05) is 406 Å². The van der Waals surface area contributed by atoms with Crippen LogP contribution in [0.15, 0.2) is 534 Å². The molecule has 0 aliphatic carbocycles. The summed E-state index contributed by atoms with van der Waals surface area (Å²) in [6.45, 7) is 0. The van der Waals surface area contributed by atoms with Crippen molar-refractivity contribution in [1.29, 1.82) is 0 Å². The molecule has 0 amide bonds. The first-order valence-electron chi connectivity index (χ1n) is 45.3. The fourth-order valence-electron chi connectivity index (χ4n) is 19.5. The van der Waals surface area contributed by atoms with Crippen molar-refractivity contribution >= 4 is 99.3 Å². The molecule has 0 N–H and O–H groups in total. The predicted molar refractivity (Wildman–Crippen MR) is 560 cm³/mol. The lowest BCUT2D eigenvalue weighted by Gasteiger charge is -2.27. The van der Waals surface area contributed by atoms with Crippen LogP contribution >= 0.6 is 0 Å². The molecule has 0 atom stereocenters. The molecule has 22 aromatic carbocycles. The fraction of sp³-hybridized carbons (Fsp3) is 0. The predicted octanol–water partition coefficient (Wildman–Crippen LogP) is 35.5. The lowest BCUT2D eigenvalue weighted by Crippen LogP contribution is -2.10. The zero-order valence-electron chi connectivity index (χ0n) is 72.6. The molecule has 0 fully saturated rings. The lowest BCUT2D eigenvalue weighted by atomic mass is 9.91. The maximum atomic E-state index is 2.40. The monoisotopic (exact) mass is 1680 g/mol. The molecule has 0 unspecified atom stereocenters. The number of hydrogen-bond donors (Lipinski definition) is 0. The number of para-hydroxylation sites is 4. The Labute approximate surface area is 769 Å². The highest BCUT2D eigenvalue weighted by Gasteiger charge is 2.23. The smallest absolute Gasteiger partial charge is 0.0541 e. The van der Waals surface area contributed by atoms with E-state index in [-0.39, 0.29) is 0 Å². The van der Waals surface area contributed by atoms with Crippen LogP contribution in [-0.4, -0.2) is 9.13 Å². The summed E-state index contributed by atoms with van der Waals surface area (Å²) in [5, 5.41) is 9.90. The van der Waals surface area contributed by atoms with Gasteiger partial charge in [0.2, 0.25) is 0 Å².